The summed E-state index contributed by atoms with van der Waals surface area (Å²) in [6.45, 7) is 14.4. The SMILES string of the molecule is C#C[C@H](OC(C)(C)C)[C@H](CCCC)OC(C)(C)C. The van der Waals surface area contributed by atoms with Crippen LogP contribution in [-0.2, 0) is 9.47 Å². The molecule has 0 bridgehead atoms. The number of terminal acetylenes is 1. The number of rotatable bonds is 6. The summed E-state index contributed by atoms with van der Waals surface area (Å²) in [5.41, 5.74) is -0.447. The molecule has 0 aromatic heterocycles. The van der Waals surface area contributed by atoms with Gasteiger partial charge in [-0.1, -0.05) is 25.7 Å². The first kappa shape index (κ1) is 17.5. The van der Waals surface area contributed by atoms with Crippen molar-refractivity contribution < 1.29 is 9.47 Å². The summed E-state index contributed by atoms with van der Waals surface area (Å²) in [7, 11) is 0. The Bertz CT molecular complexity index is 262. The average molecular weight is 254 g/mol. The molecule has 0 rings (SSSR count). The van der Waals surface area contributed by atoms with Crippen molar-refractivity contribution in [1.29, 1.82) is 0 Å². The van der Waals surface area contributed by atoms with E-state index in [-0.39, 0.29) is 23.4 Å². The van der Waals surface area contributed by atoms with E-state index < -0.39 is 0 Å². The fourth-order valence-electron chi connectivity index (χ4n) is 1.73. The predicted molar refractivity (Wildman–Crippen MR) is 77.6 cm³/mol. The van der Waals surface area contributed by atoms with E-state index in [1.807, 2.05) is 20.8 Å². The fraction of sp³-hybridized carbons (Fsp3) is 0.875. The fourth-order valence-corrected chi connectivity index (χ4v) is 1.73. The van der Waals surface area contributed by atoms with Gasteiger partial charge < -0.3 is 9.47 Å². The first-order valence-corrected chi connectivity index (χ1v) is 6.91. The molecule has 0 amide bonds. The van der Waals surface area contributed by atoms with Crippen molar-refractivity contribution in [2.24, 2.45) is 0 Å². The van der Waals surface area contributed by atoms with E-state index in [4.69, 9.17) is 15.9 Å². The van der Waals surface area contributed by atoms with Gasteiger partial charge in [-0.25, -0.2) is 0 Å². The molecule has 106 valence electrons. The van der Waals surface area contributed by atoms with Gasteiger partial charge in [-0.15, -0.1) is 6.42 Å². The summed E-state index contributed by atoms with van der Waals surface area (Å²) in [5, 5.41) is 0. The van der Waals surface area contributed by atoms with Gasteiger partial charge >= 0.3 is 0 Å². The van der Waals surface area contributed by atoms with Gasteiger partial charge in [0.05, 0.1) is 17.3 Å². The molecule has 0 aromatic carbocycles. The van der Waals surface area contributed by atoms with E-state index in [0.29, 0.717) is 0 Å². The standard InChI is InChI=1S/C16H30O2/c1-9-11-12-14(18-16(6,7)8)13(10-2)17-15(3,4)5/h2,13-14H,9,11-12H2,1,3-8H3/t13-,14-/m0/s1. The lowest BCUT2D eigenvalue weighted by Crippen LogP contribution is -2.40. The van der Waals surface area contributed by atoms with Gasteiger partial charge in [0.15, 0.2) is 0 Å². The van der Waals surface area contributed by atoms with Crippen LogP contribution in [0.15, 0.2) is 0 Å². The Hall–Kier alpha value is -0.520. The van der Waals surface area contributed by atoms with E-state index in [1.165, 1.54) is 0 Å². The van der Waals surface area contributed by atoms with Crippen molar-refractivity contribution >= 4 is 0 Å². The van der Waals surface area contributed by atoms with E-state index in [1.54, 1.807) is 0 Å². The molecule has 2 heteroatoms. The van der Waals surface area contributed by atoms with Gasteiger partial charge in [0.25, 0.3) is 0 Å². The first-order chi connectivity index (χ1) is 8.09. The molecule has 0 unspecified atom stereocenters. The van der Waals surface area contributed by atoms with Crippen LogP contribution in [0.5, 0.6) is 0 Å². The Morgan fingerprint density at radius 1 is 1.00 bits per heavy atom. The molecule has 0 aliphatic heterocycles. The quantitative estimate of drug-likeness (QED) is 0.662. The van der Waals surface area contributed by atoms with Crippen molar-refractivity contribution in [3.8, 4) is 12.3 Å². The molecular formula is C16H30O2. The molecule has 0 aromatic rings. The van der Waals surface area contributed by atoms with Crippen LogP contribution in [0.4, 0.5) is 0 Å². The van der Waals surface area contributed by atoms with Crippen LogP contribution in [0, 0.1) is 12.3 Å². The van der Waals surface area contributed by atoms with Crippen molar-refractivity contribution in [3.63, 3.8) is 0 Å². The summed E-state index contributed by atoms with van der Waals surface area (Å²) in [6.07, 6.45) is 8.48. The lowest BCUT2D eigenvalue weighted by atomic mass is 10.0. The summed E-state index contributed by atoms with van der Waals surface area (Å²) < 4.78 is 12.0. The highest BCUT2D eigenvalue weighted by molar-refractivity contribution is 5.00. The Balaban J connectivity index is 4.74. The minimum absolute atomic E-state index is 0.0332. The van der Waals surface area contributed by atoms with Crippen LogP contribution >= 0.6 is 0 Å². The van der Waals surface area contributed by atoms with Crippen LogP contribution < -0.4 is 0 Å². The largest absolute Gasteiger partial charge is 0.369 e. The molecule has 0 saturated heterocycles. The monoisotopic (exact) mass is 254 g/mol. The Morgan fingerprint density at radius 2 is 1.50 bits per heavy atom. The third kappa shape index (κ3) is 8.55. The van der Waals surface area contributed by atoms with Crippen molar-refractivity contribution in [3.05, 3.63) is 0 Å². The Kier molecular flexibility index (Phi) is 6.96. The van der Waals surface area contributed by atoms with Gasteiger partial charge in [0.2, 0.25) is 0 Å². The summed E-state index contributed by atoms with van der Waals surface area (Å²) in [4.78, 5) is 0. The predicted octanol–water partition coefficient (Wildman–Crippen LogP) is 4.18. The molecule has 18 heavy (non-hydrogen) atoms. The van der Waals surface area contributed by atoms with E-state index in [2.05, 4.69) is 33.6 Å². The molecule has 0 N–H and O–H groups in total. The van der Waals surface area contributed by atoms with E-state index in [0.717, 1.165) is 19.3 Å². The van der Waals surface area contributed by atoms with Crippen LogP contribution in [0.3, 0.4) is 0 Å². The normalized spacial score (nSPS) is 16.1. The molecular weight excluding hydrogens is 224 g/mol. The highest BCUT2D eigenvalue weighted by atomic mass is 16.6. The summed E-state index contributed by atoms with van der Waals surface area (Å²) >= 11 is 0. The zero-order chi connectivity index (χ0) is 14.4. The zero-order valence-electron chi connectivity index (χ0n) is 13.2. The molecule has 0 saturated carbocycles. The second-order valence-corrected chi connectivity index (χ2v) is 6.73. The first-order valence-electron chi connectivity index (χ1n) is 6.91. The van der Waals surface area contributed by atoms with Crippen molar-refractivity contribution in [2.75, 3.05) is 0 Å². The number of ether oxygens (including phenoxy) is 2. The maximum absolute atomic E-state index is 6.07. The van der Waals surface area contributed by atoms with Crippen molar-refractivity contribution in [1.82, 2.24) is 0 Å². The molecule has 2 atom stereocenters. The molecule has 0 spiro atoms. The van der Waals surface area contributed by atoms with Gasteiger partial charge in [-0.05, 0) is 48.0 Å². The van der Waals surface area contributed by atoms with Crippen LogP contribution in [0.25, 0.3) is 0 Å². The Labute approximate surface area is 113 Å². The maximum Gasteiger partial charge on any atom is 0.144 e. The zero-order valence-corrected chi connectivity index (χ0v) is 13.2. The third-order valence-electron chi connectivity index (χ3n) is 2.33. The lowest BCUT2D eigenvalue weighted by molar-refractivity contribution is -0.146. The minimum Gasteiger partial charge on any atom is -0.369 e. The summed E-state index contributed by atoms with van der Waals surface area (Å²) in [5.74, 6) is 2.74. The van der Waals surface area contributed by atoms with Gasteiger partial charge in [0, 0.05) is 0 Å². The number of hydrogen-bond acceptors (Lipinski definition) is 2. The molecule has 0 radical (unpaired) electrons. The van der Waals surface area contributed by atoms with Crippen LogP contribution in [0.2, 0.25) is 0 Å². The average Bonchev–Trinajstić information content (AvgIpc) is 2.18. The second kappa shape index (κ2) is 7.16. The molecule has 2 nitrogen and oxygen atoms in total. The minimum atomic E-state index is -0.282. The van der Waals surface area contributed by atoms with E-state index >= 15 is 0 Å². The number of unbranched alkanes of at least 4 members (excludes halogenated alkanes) is 1. The maximum atomic E-state index is 6.07. The van der Waals surface area contributed by atoms with Gasteiger partial charge in [-0.2, -0.15) is 0 Å². The topological polar surface area (TPSA) is 18.5 Å². The van der Waals surface area contributed by atoms with Crippen LogP contribution in [-0.4, -0.2) is 23.4 Å². The third-order valence-corrected chi connectivity index (χ3v) is 2.33. The van der Waals surface area contributed by atoms with E-state index in [9.17, 15) is 0 Å². The Morgan fingerprint density at radius 3 is 1.83 bits per heavy atom. The van der Waals surface area contributed by atoms with Gasteiger partial charge in [-0.3, -0.25) is 0 Å². The number of hydrogen-bond donors (Lipinski definition) is 0. The van der Waals surface area contributed by atoms with Crippen molar-refractivity contribution in [2.45, 2.75) is 91.1 Å². The molecule has 0 fully saturated rings. The molecule has 0 heterocycles. The highest BCUT2D eigenvalue weighted by Gasteiger charge is 2.29. The molecule has 0 aliphatic rings. The van der Waals surface area contributed by atoms with Gasteiger partial charge in [0.1, 0.15) is 6.10 Å². The molecule has 0 aliphatic carbocycles. The summed E-state index contributed by atoms with van der Waals surface area (Å²) in [6, 6.07) is 0. The lowest BCUT2D eigenvalue weighted by Gasteiger charge is -2.34. The smallest absolute Gasteiger partial charge is 0.144 e. The second-order valence-electron chi connectivity index (χ2n) is 6.73. The van der Waals surface area contributed by atoms with Crippen LogP contribution in [0.1, 0.15) is 67.7 Å². The highest BCUT2D eigenvalue weighted by Crippen LogP contribution is 2.22.